The van der Waals surface area contributed by atoms with Crippen LogP contribution in [0.4, 0.5) is 5.69 Å². The van der Waals surface area contributed by atoms with Crippen molar-refractivity contribution in [2.45, 2.75) is 18.9 Å². The quantitative estimate of drug-likeness (QED) is 0.352. The van der Waals surface area contributed by atoms with E-state index in [0.717, 1.165) is 34.6 Å². The molecule has 2 aromatic carbocycles. The van der Waals surface area contributed by atoms with Crippen molar-refractivity contribution in [3.05, 3.63) is 66.2 Å². The molecule has 1 N–H and O–H groups in total. The lowest BCUT2D eigenvalue weighted by Crippen LogP contribution is -2.21. The van der Waals surface area contributed by atoms with E-state index in [1.807, 2.05) is 48.5 Å². The van der Waals surface area contributed by atoms with Crippen LogP contribution in [0.1, 0.15) is 19.4 Å². The topological polar surface area (TPSA) is 57.6 Å². The summed E-state index contributed by atoms with van der Waals surface area (Å²) in [6, 6.07) is 20.0. The monoisotopic (exact) mass is 392 g/mol. The Labute approximate surface area is 169 Å². The van der Waals surface area contributed by atoms with E-state index in [0.29, 0.717) is 0 Å². The van der Waals surface area contributed by atoms with Gasteiger partial charge in [0.05, 0.1) is 22.5 Å². The summed E-state index contributed by atoms with van der Waals surface area (Å²) in [5.74, 6) is 0.111. The molecule has 0 unspecified atom stereocenters. The van der Waals surface area contributed by atoms with Crippen LogP contribution >= 0.6 is 11.8 Å². The van der Waals surface area contributed by atoms with Crippen LogP contribution in [0.15, 0.2) is 70.8 Å². The Morgan fingerprint density at radius 3 is 2.57 bits per heavy atom. The van der Waals surface area contributed by atoms with Crippen LogP contribution in [0.25, 0.3) is 10.9 Å². The highest BCUT2D eigenvalue weighted by molar-refractivity contribution is 7.99. The van der Waals surface area contributed by atoms with Crippen molar-refractivity contribution >= 4 is 40.5 Å². The molecule has 5 nitrogen and oxygen atoms in total. The van der Waals surface area contributed by atoms with Crippen molar-refractivity contribution in [3.8, 4) is 0 Å². The van der Waals surface area contributed by atoms with Gasteiger partial charge in [0.25, 0.3) is 0 Å². The van der Waals surface area contributed by atoms with E-state index in [4.69, 9.17) is 0 Å². The third-order valence-electron chi connectivity index (χ3n) is 4.35. The largest absolute Gasteiger partial charge is 0.372 e. The summed E-state index contributed by atoms with van der Waals surface area (Å²) in [7, 11) is 0. The van der Waals surface area contributed by atoms with E-state index < -0.39 is 0 Å². The number of hydrogen-bond donors (Lipinski definition) is 1. The Kier molecular flexibility index (Phi) is 7.03. The third-order valence-corrected chi connectivity index (χ3v) is 5.28. The first-order valence-electron chi connectivity index (χ1n) is 9.35. The molecule has 0 aliphatic carbocycles. The van der Waals surface area contributed by atoms with E-state index in [-0.39, 0.29) is 11.7 Å². The number of aromatic nitrogens is 1. The molecule has 0 aliphatic rings. The van der Waals surface area contributed by atoms with E-state index in [9.17, 15) is 4.79 Å². The van der Waals surface area contributed by atoms with Crippen molar-refractivity contribution in [2.24, 2.45) is 5.10 Å². The first kappa shape index (κ1) is 19.9. The molecule has 6 heteroatoms. The summed E-state index contributed by atoms with van der Waals surface area (Å²) < 4.78 is 0. The van der Waals surface area contributed by atoms with E-state index in [2.05, 4.69) is 46.4 Å². The standard InChI is InChI=1S/C22H24N4OS/c1-3-26(4-2)19-12-9-17(10-13-19)15-23-25-21(27)16-28-22-14-11-18-7-5-6-8-20(18)24-22/h5-15H,3-4,16H2,1-2H3,(H,25,27)/b23-15+. The summed E-state index contributed by atoms with van der Waals surface area (Å²) in [6.07, 6.45) is 1.66. The highest BCUT2D eigenvalue weighted by Crippen LogP contribution is 2.19. The van der Waals surface area contributed by atoms with Crippen molar-refractivity contribution in [3.63, 3.8) is 0 Å². The molecule has 3 aromatic rings. The lowest BCUT2D eigenvalue weighted by molar-refractivity contribution is -0.118. The zero-order valence-electron chi connectivity index (χ0n) is 16.1. The lowest BCUT2D eigenvalue weighted by atomic mass is 10.2. The van der Waals surface area contributed by atoms with Crippen LogP contribution in [-0.2, 0) is 4.79 Å². The molecule has 0 aliphatic heterocycles. The first-order valence-corrected chi connectivity index (χ1v) is 10.3. The number of nitrogens with one attached hydrogen (secondary N) is 1. The van der Waals surface area contributed by atoms with Crippen molar-refractivity contribution in [1.82, 2.24) is 10.4 Å². The van der Waals surface area contributed by atoms with Crippen LogP contribution < -0.4 is 10.3 Å². The Morgan fingerprint density at radius 1 is 1.07 bits per heavy atom. The van der Waals surface area contributed by atoms with Gasteiger partial charge in [0.1, 0.15) is 0 Å². The number of carbonyl (C=O) groups excluding carboxylic acids is 1. The van der Waals surface area contributed by atoms with Crippen LogP contribution in [0, 0.1) is 0 Å². The van der Waals surface area contributed by atoms with Crippen LogP contribution in [0.5, 0.6) is 0 Å². The number of para-hydroxylation sites is 1. The molecule has 0 atom stereocenters. The van der Waals surface area contributed by atoms with E-state index in [1.54, 1.807) is 6.21 Å². The molecular weight excluding hydrogens is 368 g/mol. The number of carbonyl (C=O) groups is 1. The average molecular weight is 393 g/mol. The van der Waals surface area contributed by atoms with Crippen LogP contribution in [0.3, 0.4) is 0 Å². The van der Waals surface area contributed by atoms with Gasteiger partial charge >= 0.3 is 0 Å². The number of pyridine rings is 1. The lowest BCUT2D eigenvalue weighted by Gasteiger charge is -2.20. The maximum atomic E-state index is 12.0. The first-order chi connectivity index (χ1) is 13.7. The third kappa shape index (κ3) is 5.33. The number of hydrogen-bond acceptors (Lipinski definition) is 5. The molecule has 0 spiro atoms. The van der Waals surface area contributed by atoms with E-state index in [1.165, 1.54) is 17.4 Å². The summed E-state index contributed by atoms with van der Waals surface area (Å²) in [4.78, 5) is 18.8. The molecule has 3 rings (SSSR count). The second-order valence-corrected chi connectivity index (χ2v) is 7.18. The molecule has 0 radical (unpaired) electrons. The summed E-state index contributed by atoms with van der Waals surface area (Å²) in [6.45, 7) is 6.23. The van der Waals surface area contributed by atoms with Crippen LogP contribution in [0.2, 0.25) is 0 Å². The predicted molar refractivity (Wildman–Crippen MR) is 118 cm³/mol. The smallest absolute Gasteiger partial charge is 0.250 e. The number of nitrogens with zero attached hydrogens (tertiary/aromatic N) is 3. The molecule has 0 saturated carbocycles. The van der Waals surface area contributed by atoms with Gasteiger partial charge in [-0.2, -0.15) is 5.10 Å². The Balaban J connectivity index is 1.49. The second-order valence-electron chi connectivity index (χ2n) is 6.19. The molecular formula is C22H24N4OS. The second kappa shape index (κ2) is 9.90. The van der Waals surface area contributed by atoms with Crippen LogP contribution in [-0.4, -0.2) is 35.9 Å². The molecule has 0 saturated heterocycles. The van der Waals surface area contributed by atoms with Gasteiger partial charge in [0.15, 0.2) is 0 Å². The number of rotatable bonds is 8. The SMILES string of the molecule is CCN(CC)c1ccc(/C=N/NC(=O)CSc2ccc3ccccc3n2)cc1. The van der Waals surface area contributed by atoms with Gasteiger partial charge in [-0.15, -0.1) is 0 Å². The van der Waals surface area contributed by atoms with Gasteiger partial charge in [-0.05, 0) is 43.7 Å². The van der Waals surface area contributed by atoms with Gasteiger partial charge in [-0.1, -0.05) is 48.2 Å². The summed E-state index contributed by atoms with van der Waals surface area (Å²) >= 11 is 1.40. The number of benzene rings is 2. The Bertz CT molecular complexity index is 952. The number of amides is 1. The van der Waals surface area contributed by atoms with Gasteiger partial charge in [-0.3, -0.25) is 4.79 Å². The molecule has 0 fully saturated rings. The highest BCUT2D eigenvalue weighted by atomic mass is 32.2. The Hall–Kier alpha value is -2.86. The number of thioether (sulfide) groups is 1. The molecule has 1 aromatic heterocycles. The van der Waals surface area contributed by atoms with Gasteiger partial charge in [0, 0.05) is 24.2 Å². The molecule has 1 heterocycles. The van der Waals surface area contributed by atoms with Crippen molar-refractivity contribution < 1.29 is 4.79 Å². The minimum absolute atomic E-state index is 0.157. The maximum Gasteiger partial charge on any atom is 0.250 e. The minimum atomic E-state index is -0.157. The van der Waals surface area contributed by atoms with Gasteiger partial charge in [-0.25, -0.2) is 10.4 Å². The normalized spacial score (nSPS) is 11.1. The fraction of sp³-hybridized carbons (Fsp3) is 0.227. The zero-order chi connectivity index (χ0) is 19.8. The fourth-order valence-electron chi connectivity index (χ4n) is 2.84. The minimum Gasteiger partial charge on any atom is -0.372 e. The molecule has 144 valence electrons. The average Bonchev–Trinajstić information content (AvgIpc) is 2.74. The summed E-state index contributed by atoms with van der Waals surface area (Å²) in [5, 5.41) is 5.96. The van der Waals surface area contributed by atoms with E-state index >= 15 is 0 Å². The predicted octanol–water partition coefficient (Wildman–Crippen LogP) is 4.32. The Morgan fingerprint density at radius 2 is 1.82 bits per heavy atom. The number of fused-ring (bicyclic) bond motifs is 1. The molecule has 0 bridgehead atoms. The molecule has 28 heavy (non-hydrogen) atoms. The summed E-state index contributed by atoms with van der Waals surface area (Å²) in [5.41, 5.74) is 5.63. The number of anilines is 1. The van der Waals surface area contributed by atoms with Crippen molar-refractivity contribution in [1.29, 1.82) is 0 Å². The number of hydrazone groups is 1. The maximum absolute atomic E-state index is 12.0. The van der Waals surface area contributed by atoms with Gasteiger partial charge < -0.3 is 4.90 Å². The highest BCUT2D eigenvalue weighted by Gasteiger charge is 2.04. The van der Waals surface area contributed by atoms with Crippen molar-refractivity contribution in [2.75, 3.05) is 23.7 Å². The fourth-order valence-corrected chi connectivity index (χ4v) is 3.51. The molecule has 1 amide bonds. The zero-order valence-corrected chi connectivity index (χ0v) is 16.9. The van der Waals surface area contributed by atoms with Gasteiger partial charge in [0.2, 0.25) is 5.91 Å².